The van der Waals surface area contributed by atoms with Crippen molar-refractivity contribution in [2.75, 3.05) is 0 Å². The first-order valence-electron chi connectivity index (χ1n) is 5.05. The van der Waals surface area contributed by atoms with Gasteiger partial charge < -0.3 is 14.2 Å². The molecule has 0 amide bonds. The lowest BCUT2D eigenvalue weighted by molar-refractivity contribution is 0.0297. The highest BCUT2D eigenvalue weighted by molar-refractivity contribution is 7.54. The molecule has 5 heteroatoms. The van der Waals surface area contributed by atoms with Crippen molar-refractivity contribution in [2.45, 2.75) is 65.5 Å². The fraction of sp³-hybridized carbons (Fsp3) is 1.00. The molecule has 0 radical (unpaired) electrons. The molecule has 4 nitrogen and oxygen atoms in total. The molecule has 0 aromatic rings. The van der Waals surface area contributed by atoms with Crippen molar-refractivity contribution in [3.8, 4) is 0 Å². The fourth-order valence-electron chi connectivity index (χ4n) is 0.935. The molecule has 0 aromatic heterocycles. The Balaban J connectivity index is 4.86. The third kappa shape index (κ3) is 6.31. The Morgan fingerprint density at radius 2 is 1.27 bits per heavy atom. The van der Waals surface area contributed by atoms with Gasteiger partial charge in [0.1, 0.15) is 0 Å². The van der Waals surface area contributed by atoms with Crippen molar-refractivity contribution in [3.05, 3.63) is 0 Å². The number of hydrogen-bond acceptors (Lipinski definition) is 4. The summed E-state index contributed by atoms with van der Waals surface area (Å²) in [5.74, 6) is -1.13. The third-order valence-electron chi connectivity index (χ3n) is 1.26. The van der Waals surface area contributed by atoms with Crippen molar-refractivity contribution in [2.24, 2.45) is 0 Å². The van der Waals surface area contributed by atoms with Gasteiger partial charge in [-0.1, -0.05) is 0 Å². The predicted molar refractivity (Wildman–Crippen MR) is 61.0 cm³/mol. The lowest BCUT2D eigenvalue weighted by Crippen LogP contribution is -2.27. The zero-order valence-electron chi connectivity index (χ0n) is 10.7. The van der Waals surface area contributed by atoms with E-state index < -0.39 is 24.6 Å². The van der Waals surface area contributed by atoms with Crippen molar-refractivity contribution in [3.63, 3.8) is 0 Å². The number of aliphatic hydroxyl groups excluding tert-OH is 1. The maximum absolute atomic E-state index is 12.2. The first-order valence-corrected chi connectivity index (χ1v) is 6.66. The predicted octanol–water partition coefficient (Wildman–Crippen LogP) is 3.15. The molecular formula is C10H23O4P. The zero-order valence-corrected chi connectivity index (χ0v) is 11.6. The van der Waals surface area contributed by atoms with Crippen LogP contribution in [0.1, 0.15) is 48.5 Å². The lowest BCUT2D eigenvalue weighted by atomic mass is 10.2. The van der Waals surface area contributed by atoms with Crippen LogP contribution in [0, 0.1) is 0 Å². The van der Waals surface area contributed by atoms with Gasteiger partial charge in [0.25, 0.3) is 0 Å². The van der Waals surface area contributed by atoms with Crippen LogP contribution in [-0.4, -0.2) is 22.2 Å². The van der Waals surface area contributed by atoms with Gasteiger partial charge >= 0.3 is 7.60 Å². The summed E-state index contributed by atoms with van der Waals surface area (Å²) in [6, 6.07) is 0. The van der Waals surface area contributed by atoms with Crippen LogP contribution in [0.3, 0.4) is 0 Å². The molecule has 0 aliphatic heterocycles. The molecule has 0 aliphatic rings. The third-order valence-corrected chi connectivity index (χ3v) is 3.78. The van der Waals surface area contributed by atoms with Gasteiger partial charge in [0.15, 0.2) is 5.85 Å². The molecule has 15 heavy (non-hydrogen) atoms. The van der Waals surface area contributed by atoms with E-state index >= 15 is 0 Å². The molecule has 92 valence electrons. The number of hydrogen-bond donors (Lipinski definition) is 1. The van der Waals surface area contributed by atoms with Crippen molar-refractivity contribution >= 4 is 7.60 Å². The van der Waals surface area contributed by atoms with Crippen molar-refractivity contribution in [1.29, 1.82) is 0 Å². The van der Waals surface area contributed by atoms with Gasteiger partial charge in [0.05, 0.1) is 11.2 Å². The summed E-state index contributed by atoms with van der Waals surface area (Å²) < 4.78 is 22.9. The van der Waals surface area contributed by atoms with Crippen LogP contribution in [-0.2, 0) is 13.6 Å². The van der Waals surface area contributed by atoms with E-state index in [2.05, 4.69) is 0 Å². The lowest BCUT2D eigenvalue weighted by Gasteiger charge is -2.33. The van der Waals surface area contributed by atoms with E-state index in [1.165, 1.54) is 6.92 Å². The van der Waals surface area contributed by atoms with Crippen LogP contribution < -0.4 is 0 Å². The fourth-order valence-corrected chi connectivity index (χ4v) is 2.80. The molecule has 0 bridgehead atoms. The minimum absolute atomic E-state index is 0.613. The van der Waals surface area contributed by atoms with Gasteiger partial charge in [-0.25, -0.2) is 0 Å². The van der Waals surface area contributed by atoms with E-state index in [0.29, 0.717) is 0 Å². The summed E-state index contributed by atoms with van der Waals surface area (Å²) in [6.07, 6.45) is 0. The van der Waals surface area contributed by atoms with Crippen LogP contribution >= 0.6 is 7.60 Å². The molecule has 0 rings (SSSR count). The highest BCUT2D eigenvalue weighted by atomic mass is 31.2. The molecular weight excluding hydrogens is 215 g/mol. The SMILES string of the molecule is CC(O)P(=O)(OC(C)(C)C)OC(C)(C)C. The Morgan fingerprint density at radius 1 is 1.00 bits per heavy atom. The van der Waals surface area contributed by atoms with Crippen LogP contribution in [0.4, 0.5) is 0 Å². The van der Waals surface area contributed by atoms with Gasteiger partial charge in [-0.05, 0) is 48.5 Å². The summed E-state index contributed by atoms with van der Waals surface area (Å²) in [5.41, 5.74) is -1.23. The molecule has 1 atom stereocenters. The molecule has 0 aromatic carbocycles. The second-order valence-electron chi connectivity index (χ2n) is 5.58. The first-order chi connectivity index (χ1) is 6.36. The molecule has 1 N–H and O–H groups in total. The van der Waals surface area contributed by atoms with Crippen molar-refractivity contribution < 1.29 is 18.7 Å². The quantitative estimate of drug-likeness (QED) is 0.767. The zero-order chi connectivity index (χ0) is 12.5. The summed E-state index contributed by atoms with van der Waals surface area (Å²) in [5, 5.41) is 9.48. The van der Waals surface area contributed by atoms with E-state index in [4.69, 9.17) is 9.05 Å². The smallest absolute Gasteiger partial charge is 0.359 e. The van der Waals surface area contributed by atoms with Crippen LogP contribution in [0.25, 0.3) is 0 Å². The monoisotopic (exact) mass is 238 g/mol. The van der Waals surface area contributed by atoms with E-state index in [9.17, 15) is 9.67 Å². The van der Waals surface area contributed by atoms with E-state index in [1.54, 1.807) is 41.5 Å². The number of rotatable bonds is 3. The summed E-state index contributed by atoms with van der Waals surface area (Å²) in [4.78, 5) is 0. The van der Waals surface area contributed by atoms with E-state index in [-0.39, 0.29) is 0 Å². The molecule has 1 unspecified atom stereocenters. The van der Waals surface area contributed by atoms with Crippen LogP contribution in [0.2, 0.25) is 0 Å². The number of aliphatic hydroxyl groups is 1. The highest BCUT2D eigenvalue weighted by Gasteiger charge is 2.39. The minimum Gasteiger partial charge on any atom is -0.381 e. The van der Waals surface area contributed by atoms with E-state index in [1.807, 2.05) is 0 Å². The standard InChI is InChI=1S/C10H23O4P/c1-8(11)15(12,13-9(2,3)4)14-10(5,6)7/h8,11H,1-7H3. The largest absolute Gasteiger partial charge is 0.381 e. The second-order valence-corrected chi connectivity index (χ2v) is 7.77. The Hall–Kier alpha value is 0.110. The summed E-state index contributed by atoms with van der Waals surface area (Å²) >= 11 is 0. The summed E-state index contributed by atoms with van der Waals surface area (Å²) in [7, 11) is -3.48. The van der Waals surface area contributed by atoms with Gasteiger partial charge in [-0.3, -0.25) is 4.57 Å². The topological polar surface area (TPSA) is 55.8 Å². The minimum atomic E-state index is -3.48. The maximum atomic E-state index is 12.2. The summed E-state index contributed by atoms with van der Waals surface area (Å²) in [6.45, 7) is 12.0. The normalized spacial score (nSPS) is 16.5. The molecule has 0 aliphatic carbocycles. The Morgan fingerprint density at radius 3 is 1.40 bits per heavy atom. The molecule has 0 fully saturated rings. The van der Waals surface area contributed by atoms with Crippen LogP contribution in [0.5, 0.6) is 0 Å². The molecule has 0 saturated carbocycles. The Labute approximate surface area is 92.5 Å². The highest BCUT2D eigenvalue weighted by Crippen LogP contribution is 2.57. The van der Waals surface area contributed by atoms with Gasteiger partial charge in [0.2, 0.25) is 0 Å². The maximum Gasteiger partial charge on any atom is 0.359 e. The van der Waals surface area contributed by atoms with Gasteiger partial charge in [-0.15, -0.1) is 0 Å². The van der Waals surface area contributed by atoms with Gasteiger partial charge in [0, 0.05) is 0 Å². The molecule has 0 saturated heterocycles. The van der Waals surface area contributed by atoms with Gasteiger partial charge in [-0.2, -0.15) is 0 Å². The first kappa shape index (κ1) is 15.1. The molecule has 0 spiro atoms. The molecule has 0 heterocycles. The van der Waals surface area contributed by atoms with Crippen LogP contribution in [0.15, 0.2) is 0 Å². The second kappa shape index (κ2) is 4.54. The average Bonchev–Trinajstić information content (AvgIpc) is 1.75. The Kier molecular flexibility index (Phi) is 4.57. The average molecular weight is 238 g/mol. The van der Waals surface area contributed by atoms with Crippen molar-refractivity contribution in [1.82, 2.24) is 0 Å². The Bertz CT molecular complexity index is 227. The van der Waals surface area contributed by atoms with E-state index in [0.717, 1.165) is 0 Å².